The van der Waals surface area contributed by atoms with Crippen LogP contribution in [0.2, 0.25) is 0 Å². The molecular weight excluding hydrogens is 426 g/mol. The first-order valence-electron chi connectivity index (χ1n) is 9.79. The van der Waals surface area contributed by atoms with Crippen molar-refractivity contribution in [3.05, 3.63) is 36.5 Å². The average Bonchev–Trinajstić information content (AvgIpc) is 2.75. The standard InChI is InChI=1S/C20H23N3O7S/c24-17(25)9-8-15(20(27)28)22-19(26)14-6-3-11-23(12-14)31(29,30)16-7-1-4-13-5-2-10-21-18(13)16/h1-2,4-5,7,10,14-15H,3,6,8-9,11-12H2,(H,22,26)(H,24,25)(H,27,28). The maximum absolute atomic E-state index is 13.3. The number of piperidine rings is 1. The second kappa shape index (κ2) is 9.40. The molecule has 0 spiro atoms. The van der Waals surface area contributed by atoms with Crippen LogP contribution < -0.4 is 5.32 Å². The van der Waals surface area contributed by atoms with Gasteiger partial charge in [-0.2, -0.15) is 4.31 Å². The summed E-state index contributed by atoms with van der Waals surface area (Å²) in [4.78, 5) is 38.9. The zero-order valence-electron chi connectivity index (χ0n) is 16.6. The van der Waals surface area contributed by atoms with E-state index in [9.17, 15) is 27.9 Å². The lowest BCUT2D eigenvalue weighted by Gasteiger charge is -2.32. The molecule has 0 aliphatic carbocycles. The third-order valence-corrected chi connectivity index (χ3v) is 7.13. The predicted octanol–water partition coefficient (Wildman–Crippen LogP) is 1.07. The zero-order chi connectivity index (χ0) is 22.6. The van der Waals surface area contributed by atoms with Gasteiger partial charge >= 0.3 is 11.9 Å². The summed E-state index contributed by atoms with van der Waals surface area (Å²) in [6.07, 6.45) is 1.68. The van der Waals surface area contributed by atoms with Crippen LogP contribution in [0.25, 0.3) is 10.9 Å². The van der Waals surface area contributed by atoms with Crippen molar-refractivity contribution in [1.82, 2.24) is 14.6 Å². The van der Waals surface area contributed by atoms with Crippen molar-refractivity contribution in [3.63, 3.8) is 0 Å². The van der Waals surface area contributed by atoms with Crippen LogP contribution in [-0.4, -0.2) is 64.9 Å². The summed E-state index contributed by atoms with van der Waals surface area (Å²) in [5, 5.41) is 21.0. The second-order valence-electron chi connectivity index (χ2n) is 7.37. The number of rotatable bonds is 8. The Kier molecular flexibility index (Phi) is 6.86. The number of aromatic nitrogens is 1. The van der Waals surface area contributed by atoms with Gasteiger partial charge in [-0.25, -0.2) is 13.2 Å². The minimum absolute atomic E-state index is 0.0523. The van der Waals surface area contributed by atoms with E-state index in [-0.39, 0.29) is 24.4 Å². The van der Waals surface area contributed by atoms with Crippen LogP contribution in [0.3, 0.4) is 0 Å². The molecule has 1 aromatic heterocycles. The molecule has 2 heterocycles. The highest BCUT2D eigenvalue weighted by Gasteiger charge is 2.35. The largest absolute Gasteiger partial charge is 0.481 e. The summed E-state index contributed by atoms with van der Waals surface area (Å²) in [7, 11) is -3.92. The molecule has 1 fully saturated rings. The molecule has 166 valence electrons. The molecule has 1 aliphatic heterocycles. The van der Waals surface area contributed by atoms with E-state index in [1.165, 1.54) is 16.6 Å². The van der Waals surface area contributed by atoms with Gasteiger partial charge in [0.2, 0.25) is 15.9 Å². The molecule has 2 unspecified atom stereocenters. The molecule has 3 rings (SSSR count). The number of benzene rings is 1. The molecule has 2 atom stereocenters. The van der Waals surface area contributed by atoms with Gasteiger partial charge in [0, 0.05) is 31.1 Å². The first-order valence-corrected chi connectivity index (χ1v) is 11.2. The Morgan fingerprint density at radius 3 is 2.65 bits per heavy atom. The van der Waals surface area contributed by atoms with Crippen molar-refractivity contribution in [2.45, 2.75) is 36.6 Å². The lowest BCUT2D eigenvalue weighted by molar-refractivity contribution is -0.143. The molecule has 2 aromatic rings. The average molecular weight is 449 g/mol. The van der Waals surface area contributed by atoms with Crippen molar-refractivity contribution >= 4 is 38.8 Å². The van der Waals surface area contributed by atoms with Crippen molar-refractivity contribution in [2.24, 2.45) is 5.92 Å². The molecule has 0 saturated carbocycles. The number of carboxylic acids is 2. The number of amides is 1. The third kappa shape index (κ3) is 5.17. The van der Waals surface area contributed by atoms with Crippen LogP contribution in [-0.2, 0) is 24.4 Å². The molecule has 3 N–H and O–H groups in total. The number of hydrogen-bond donors (Lipinski definition) is 3. The maximum atomic E-state index is 13.3. The zero-order valence-corrected chi connectivity index (χ0v) is 17.4. The number of carbonyl (C=O) groups is 3. The van der Waals surface area contributed by atoms with Crippen molar-refractivity contribution in [1.29, 1.82) is 0 Å². The maximum Gasteiger partial charge on any atom is 0.326 e. The highest BCUT2D eigenvalue weighted by atomic mass is 32.2. The quantitative estimate of drug-likeness (QED) is 0.541. The smallest absolute Gasteiger partial charge is 0.326 e. The summed E-state index contributed by atoms with van der Waals surface area (Å²) in [6, 6.07) is 6.99. The van der Waals surface area contributed by atoms with Gasteiger partial charge < -0.3 is 15.5 Å². The Balaban J connectivity index is 1.77. The van der Waals surface area contributed by atoms with Gasteiger partial charge in [0.15, 0.2) is 0 Å². The molecule has 1 aromatic carbocycles. The Bertz CT molecular complexity index is 1100. The molecule has 0 radical (unpaired) electrons. The molecular formula is C20H23N3O7S. The topological polar surface area (TPSA) is 154 Å². The molecule has 31 heavy (non-hydrogen) atoms. The van der Waals surface area contributed by atoms with E-state index in [0.717, 1.165) is 0 Å². The number of nitrogens with zero attached hydrogens (tertiary/aromatic N) is 2. The van der Waals surface area contributed by atoms with Crippen molar-refractivity contribution < 1.29 is 33.0 Å². The first kappa shape index (κ1) is 22.6. The number of carbonyl (C=O) groups excluding carboxylic acids is 1. The summed E-state index contributed by atoms with van der Waals surface area (Å²) >= 11 is 0. The van der Waals surface area contributed by atoms with Gasteiger partial charge in [0.05, 0.1) is 11.4 Å². The second-order valence-corrected chi connectivity index (χ2v) is 9.27. The van der Waals surface area contributed by atoms with E-state index in [2.05, 4.69) is 10.3 Å². The molecule has 0 bridgehead atoms. The number of fused-ring (bicyclic) bond motifs is 1. The number of pyridine rings is 1. The fourth-order valence-electron chi connectivity index (χ4n) is 3.61. The summed E-state index contributed by atoms with van der Waals surface area (Å²) in [5.41, 5.74) is 0.344. The van der Waals surface area contributed by atoms with Gasteiger partial charge in [0.1, 0.15) is 10.9 Å². The highest BCUT2D eigenvalue weighted by Crippen LogP contribution is 2.28. The Morgan fingerprint density at radius 2 is 1.94 bits per heavy atom. The summed E-state index contributed by atoms with van der Waals surface area (Å²) in [5.74, 6) is -3.84. The molecule has 1 amide bonds. The molecule has 11 heteroatoms. The van der Waals surface area contributed by atoms with Crippen LogP contribution in [0.15, 0.2) is 41.4 Å². The van der Waals surface area contributed by atoms with Crippen molar-refractivity contribution in [2.75, 3.05) is 13.1 Å². The van der Waals surface area contributed by atoms with Crippen LogP contribution >= 0.6 is 0 Å². The van der Waals surface area contributed by atoms with E-state index < -0.39 is 46.2 Å². The van der Waals surface area contributed by atoms with E-state index in [1.54, 1.807) is 24.3 Å². The summed E-state index contributed by atoms with van der Waals surface area (Å²) < 4.78 is 27.8. The molecule has 1 saturated heterocycles. The number of sulfonamides is 1. The van der Waals surface area contributed by atoms with Gasteiger partial charge in [0.25, 0.3) is 0 Å². The first-order chi connectivity index (χ1) is 14.7. The highest BCUT2D eigenvalue weighted by molar-refractivity contribution is 7.89. The van der Waals surface area contributed by atoms with Gasteiger partial charge in [-0.1, -0.05) is 18.2 Å². The molecule has 10 nitrogen and oxygen atoms in total. The Labute approximate surface area is 178 Å². The van der Waals surface area contributed by atoms with Crippen LogP contribution in [0.4, 0.5) is 0 Å². The Hall–Kier alpha value is -3.05. The number of aliphatic carboxylic acids is 2. The monoisotopic (exact) mass is 449 g/mol. The van der Waals surface area contributed by atoms with Crippen LogP contribution in [0.1, 0.15) is 25.7 Å². The lowest BCUT2D eigenvalue weighted by atomic mass is 9.98. The number of carboxylic acid groups (broad SMARTS) is 2. The Morgan fingerprint density at radius 1 is 1.19 bits per heavy atom. The van der Waals surface area contributed by atoms with E-state index in [4.69, 9.17) is 5.11 Å². The molecule has 1 aliphatic rings. The van der Waals surface area contributed by atoms with E-state index >= 15 is 0 Å². The van der Waals surface area contributed by atoms with E-state index in [1.807, 2.05) is 0 Å². The minimum Gasteiger partial charge on any atom is -0.481 e. The van der Waals surface area contributed by atoms with Gasteiger partial charge in [-0.05, 0) is 31.4 Å². The predicted molar refractivity (Wildman–Crippen MR) is 110 cm³/mol. The lowest BCUT2D eigenvalue weighted by Crippen LogP contribution is -2.49. The number of nitrogens with one attached hydrogen (secondary N) is 1. The van der Waals surface area contributed by atoms with Crippen molar-refractivity contribution in [3.8, 4) is 0 Å². The third-order valence-electron chi connectivity index (χ3n) is 5.23. The minimum atomic E-state index is -3.92. The fraction of sp³-hybridized carbons (Fsp3) is 0.400. The normalized spacial score (nSPS) is 18.4. The van der Waals surface area contributed by atoms with Gasteiger partial charge in [-0.3, -0.25) is 14.6 Å². The number of para-hydroxylation sites is 1. The fourth-order valence-corrected chi connectivity index (χ4v) is 5.30. The van der Waals surface area contributed by atoms with Gasteiger partial charge in [-0.15, -0.1) is 0 Å². The van der Waals surface area contributed by atoms with Crippen LogP contribution in [0, 0.1) is 5.92 Å². The van der Waals surface area contributed by atoms with E-state index in [0.29, 0.717) is 23.7 Å². The summed E-state index contributed by atoms with van der Waals surface area (Å²) in [6.45, 7) is 0.138. The SMILES string of the molecule is O=C(O)CCC(NC(=O)C1CCCN(S(=O)(=O)c2cccc3cccnc23)C1)C(=O)O. The number of hydrogen-bond acceptors (Lipinski definition) is 6. The van der Waals surface area contributed by atoms with Crippen LogP contribution in [0.5, 0.6) is 0 Å².